The van der Waals surface area contributed by atoms with Gasteiger partial charge >= 0.3 is 0 Å². The lowest BCUT2D eigenvalue weighted by molar-refractivity contribution is 1.08. The molecule has 0 N–H and O–H groups in total. The van der Waals surface area contributed by atoms with Gasteiger partial charge in [-0.1, -0.05) is 146 Å². The van der Waals surface area contributed by atoms with Crippen molar-refractivity contribution in [2.45, 2.75) is 0 Å². The van der Waals surface area contributed by atoms with Crippen molar-refractivity contribution in [1.29, 1.82) is 0 Å². The number of para-hydroxylation sites is 4. The van der Waals surface area contributed by atoms with E-state index in [9.17, 15) is 0 Å². The molecule has 298 valence electrons. The molecule has 0 amide bonds. The van der Waals surface area contributed by atoms with Crippen LogP contribution in [-0.2, 0) is 0 Å². The molecule has 0 atom stereocenters. The Hall–Kier alpha value is -7.97. The monoisotopic (exact) mass is 851 g/mol. The van der Waals surface area contributed by atoms with Crippen LogP contribution in [0.4, 0.5) is 0 Å². The maximum Gasteiger partial charge on any atom is 0.165 e. The summed E-state index contributed by atoms with van der Waals surface area (Å²) in [4.78, 5) is 16.2. The molecule has 14 aromatic rings. The number of rotatable bonds is 5. The molecule has 0 aliphatic rings. The van der Waals surface area contributed by atoms with Gasteiger partial charge in [-0.15, -0.1) is 22.7 Å². The quantitative estimate of drug-likeness (QED) is 0.173. The smallest absolute Gasteiger partial charge is 0.165 e. The van der Waals surface area contributed by atoms with Crippen molar-refractivity contribution in [1.82, 2.24) is 24.1 Å². The van der Waals surface area contributed by atoms with Crippen molar-refractivity contribution in [3.8, 4) is 45.5 Å². The van der Waals surface area contributed by atoms with Gasteiger partial charge in [0.2, 0.25) is 0 Å². The zero-order valence-electron chi connectivity index (χ0n) is 34.1. The van der Waals surface area contributed by atoms with Crippen molar-refractivity contribution < 1.29 is 0 Å². The van der Waals surface area contributed by atoms with Crippen LogP contribution in [0, 0.1) is 0 Å². The summed E-state index contributed by atoms with van der Waals surface area (Å²) in [7, 11) is 0. The van der Waals surface area contributed by atoms with E-state index in [4.69, 9.17) is 15.0 Å². The van der Waals surface area contributed by atoms with Gasteiger partial charge in [0.05, 0.1) is 32.5 Å². The Morgan fingerprint density at radius 1 is 0.312 bits per heavy atom. The molecule has 64 heavy (non-hydrogen) atoms. The minimum Gasteiger partial charge on any atom is -0.309 e. The molecule has 5 heterocycles. The van der Waals surface area contributed by atoms with Crippen LogP contribution in [0.15, 0.2) is 200 Å². The van der Waals surface area contributed by atoms with Gasteiger partial charge in [0.15, 0.2) is 17.5 Å². The summed E-state index contributed by atoms with van der Waals surface area (Å²) in [5, 5.41) is 9.71. The second-order valence-corrected chi connectivity index (χ2v) is 18.4. The van der Waals surface area contributed by atoms with Crippen LogP contribution in [-0.4, -0.2) is 24.1 Å². The third-order valence-corrected chi connectivity index (χ3v) is 15.3. The minimum absolute atomic E-state index is 0.638. The molecule has 14 rings (SSSR count). The molecule has 0 spiro atoms. The Kier molecular flexibility index (Phi) is 7.66. The Balaban J connectivity index is 1.11. The second kappa shape index (κ2) is 13.8. The second-order valence-electron chi connectivity index (χ2n) is 16.3. The van der Waals surface area contributed by atoms with Crippen LogP contribution >= 0.6 is 22.7 Å². The first-order valence-electron chi connectivity index (χ1n) is 21.4. The van der Waals surface area contributed by atoms with Gasteiger partial charge in [-0.2, -0.15) is 0 Å². The molecule has 7 heteroatoms. The summed E-state index contributed by atoms with van der Waals surface area (Å²) in [5.41, 5.74) is 9.78. The number of fused-ring (bicyclic) bond motifs is 12. The van der Waals surface area contributed by atoms with Crippen molar-refractivity contribution >= 4 is 107 Å². The maximum absolute atomic E-state index is 5.52. The molecule has 0 saturated carbocycles. The van der Waals surface area contributed by atoms with Gasteiger partial charge in [-0.3, -0.25) is 0 Å². The number of aromatic nitrogens is 5. The summed E-state index contributed by atoms with van der Waals surface area (Å²) < 4.78 is 9.60. The highest BCUT2D eigenvalue weighted by Gasteiger charge is 2.23. The highest BCUT2D eigenvalue weighted by atomic mass is 32.1. The normalized spacial score (nSPS) is 12.1. The Morgan fingerprint density at radius 2 is 0.797 bits per heavy atom. The molecule has 0 radical (unpaired) electrons. The third kappa shape index (κ3) is 5.19. The van der Waals surface area contributed by atoms with E-state index in [2.05, 4.69) is 203 Å². The van der Waals surface area contributed by atoms with Gasteiger partial charge in [0, 0.05) is 79.6 Å². The van der Waals surface area contributed by atoms with Gasteiger partial charge in [0.1, 0.15) is 0 Å². The predicted octanol–water partition coefficient (Wildman–Crippen LogP) is 15.8. The van der Waals surface area contributed by atoms with Crippen LogP contribution in [0.2, 0.25) is 0 Å². The zero-order valence-corrected chi connectivity index (χ0v) is 35.7. The van der Waals surface area contributed by atoms with E-state index in [0.29, 0.717) is 17.5 Å². The molecule has 0 bridgehead atoms. The van der Waals surface area contributed by atoms with Crippen molar-refractivity contribution in [2.24, 2.45) is 0 Å². The molecule has 9 aromatic carbocycles. The van der Waals surface area contributed by atoms with Crippen molar-refractivity contribution in [3.05, 3.63) is 200 Å². The lowest BCUT2D eigenvalue weighted by Gasteiger charge is -2.13. The van der Waals surface area contributed by atoms with Crippen LogP contribution in [0.1, 0.15) is 0 Å². The molecule has 5 aromatic heterocycles. The highest BCUT2D eigenvalue weighted by molar-refractivity contribution is 7.27. The number of benzene rings is 9. The van der Waals surface area contributed by atoms with E-state index in [0.717, 1.165) is 49.2 Å². The van der Waals surface area contributed by atoms with Gasteiger partial charge in [0.25, 0.3) is 0 Å². The number of nitrogens with zero attached hydrogens (tertiary/aromatic N) is 5. The van der Waals surface area contributed by atoms with E-state index in [1.165, 1.54) is 62.8 Å². The Labute approximate surface area is 374 Å². The summed E-state index contributed by atoms with van der Waals surface area (Å²) in [6.07, 6.45) is 0. The predicted molar refractivity (Wildman–Crippen MR) is 271 cm³/mol. The van der Waals surface area contributed by atoms with E-state index < -0.39 is 0 Å². The SMILES string of the molecule is c1ccc(-c2nc(-c3cccc4c3sc3ccccc34)nc(-c3cc(-n4c5ccccc5c5ccccc54)cc4c3sc3c(-n5c6ccccc6c6ccccc65)cccc34)n2)cc1. The first-order chi connectivity index (χ1) is 31.7. The van der Waals surface area contributed by atoms with Crippen LogP contribution in [0.5, 0.6) is 0 Å². The standard InChI is InChI=1S/C57H33N5S2/c1-2-16-34(17-3-1)55-58-56(43-25-14-23-41-40-22-8-13-31-51(40)63-52(41)43)60-57(59-55)45-33-35(61-46-26-9-4-18-36(46)37-19-5-10-27-47(37)61)32-44-42-24-15-30-50(54(42)64-53(44)45)62-48-28-11-6-20-38(48)39-21-7-12-29-49(39)62/h1-33H. The molecular formula is C57H33N5S2. The summed E-state index contributed by atoms with van der Waals surface area (Å²) in [6.45, 7) is 0. The van der Waals surface area contributed by atoms with Gasteiger partial charge < -0.3 is 9.13 Å². The Morgan fingerprint density at radius 3 is 1.45 bits per heavy atom. The molecular weight excluding hydrogens is 819 g/mol. The van der Waals surface area contributed by atoms with E-state index in [1.807, 2.05) is 17.4 Å². The molecule has 0 saturated heterocycles. The molecule has 0 fully saturated rings. The van der Waals surface area contributed by atoms with E-state index in [1.54, 1.807) is 11.3 Å². The van der Waals surface area contributed by atoms with Crippen LogP contribution in [0.25, 0.3) is 129 Å². The molecule has 5 nitrogen and oxygen atoms in total. The first kappa shape index (κ1) is 35.6. The fourth-order valence-electron chi connectivity index (χ4n) is 9.98. The fraction of sp³-hybridized carbons (Fsp3) is 0. The largest absolute Gasteiger partial charge is 0.309 e. The average Bonchev–Trinajstić information content (AvgIpc) is 4.12. The lowest BCUT2D eigenvalue weighted by Crippen LogP contribution is -2.01. The van der Waals surface area contributed by atoms with Gasteiger partial charge in [-0.05, 0) is 54.6 Å². The average molecular weight is 852 g/mol. The minimum atomic E-state index is 0.638. The maximum atomic E-state index is 5.52. The highest BCUT2D eigenvalue weighted by Crippen LogP contribution is 2.47. The van der Waals surface area contributed by atoms with E-state index in [-0.39, 0.29) is 0 Å². The summed E-state index contributed by atoms with van der Waals surface area (Å²) in [5.74, 6) is 1.93. The summed E-state index contributed by atoms with van der Waals surface area (Å²) in [6, 6.07) is 71.8. The van der Waals surface area contributed by atoms with Crippen molar-refractivity contribution in [3.63, 3.8) is 0 Å². The number of thiophene rings is 2. The van der Waals surface area contributed by atoms with E-state index >= 15 is 0 Å². The third-order valence-electron chi connectivity index (χ3n) is 12.8. The molecule has 0 unspecified atom stereocenters. The molecule has 0 aliphatic carbocycles. The first-order valence-corrected chi connectivity index (χ1v) is 23.1. The fourth-order valence-corrected chi connectivity index (χ4v) is 12.5. The lowest BCUT2D eigenvalue weighted by atomic mass is 10.1. The van der Waals surface area contributed by atoms with Gasteiger partial charge in [-0.25, -0.2) is 15.0 Å². The number of hydrogen-bond acceptors (Lipinski definition) is 5. The van der Waals surface area contributed by atoms with Crippen molar-refractivity contribution in [2.75, 3.05) is 0 Å². The number of hydrogen-bond donors (Lipinski definition) is 0. The molecule has 0 aliphatic heterocycles. The van der Waals surface area contributed by atoms with Crippen LogP contribution in [0.3, 0.4) is 0 Å². The summed E-state index contributed by atoms with van der Waals surface area (Å²) >= 11 is 3.61. The zero-order chi connectivity index (χ0) is 41.9. The Bertz CT molecular complexity index is 4100. The van der Waals surface area contributed by atoms with Crippen LogP contribution < -0.4 is 0 Å². The topological polar surface area (TPSA) is 48.5 Å².